The van der Waals surface area contributed by atoms with Crippen LogP contribution in [-0.4, -0.2) is 20.8 Å². The lowest BCUT2D eigenvalue weighted by Crippen LogP contribution is -2.28. The first-order valence-electron chi connectivity index (χ1n) is 6.75. The number of amides is 2. The minimum absolute atomic E-state index is 0.233. The molecule has 0 aromatic carbocycles. The summed E-state index contributed by atoms with van der Waals surface area (Å²) in [6.07, 6.45) is 1.73. The van der Waals surface area contributed by atoms with Crippen LogP contribution in [0.15, 0.2) is 48.0 Å². The van der Waals surface area contributed by atoms with E-state index in [-0.39, 0.29) is 6.03 Å². The van der Waals surface area contributed by atoms with Crippen molar-refractivity contribution in [1.29, 1.82) is 0 Å². The van der Waals surface area contributed by atoms with E-state index in [0.29, 0.717) is 6.54 Å². The van der Waals surface area contributed by atoms with Crippen LogP contribution in [0.3, 0.4) is 0 Å². The molecule has 0 atom stereocenters. The predicted octanol–water partition coefficient (Wildman–Crippen LogP) is 2.87. The maximum atomic E-state index is 11.8. The molecule has 0 saturated heterocycles. The molecule has 0 aliphatic heterocycles. The minimum Gasteiger partial charge on any atom is -0.332 e. The lowest BCUT2D eigenvalue weighted by Gasteiger charge is -2.05. The van der Waals surface area contributed by atoms with Gasteiger partial charge in [-0.15, -0.1) is 11.3 Å². The molecule has 0 bridgehead atoms. The van der Waals surface area contributed by atoms with Gasteiger partial charge in [0.25, 0.3) is 0 Å². The smallest absolute Gasteiger partial charge is 0.320 e. The molecule has 0 spiro atoms. The van der Waals surface area contributed by atoms with Crippen LogP contribution < -0.4 is 10.6 Å². The van der Waals surface area contributed by atoms with Crippen LogP contribution in [0.5, 0.6) is 0 Å². The number of hydrogen-bond donors (Lipinski definition) is 2. The third-order valence-electron chi connectivity index (χ3n) is 3.09. The zero-order valence-corrected chi connectivity index (χ0v) is 12.8. The molecular formula is C15H15N5OS. The first-order valence-corrected chi connectivity index (χ1v) is 7.63. The summed E-state index contributed by atoms with van der Waals surface area (Å²) in [6, 6.07) is 11.1. The van der Waals surface area contributed by atoms with Crippen LogP contribution in [0, 0.1) is 0 Å². The van der Waals surface area contributed by atoms with E-state index in [9.17, 15) is 4.79 Å². The second-order valence-corrected chi connectivity index (χ2v) is 5.59. The molecule has 3 rings (SSSR count). The van der Waals surface area contributed by atoms with Crippen LogP contribution >= 0.6 is 11.3 Å². The number of nitrogens with one attached hydrogen (secondary N) is 2. The van der Waals surface area contributed by atoms with Gasteiger partial charge in [-0.1, -0.05) is 6.07 Å². The molecule has 2 amide bonds. The molecule has 112 valence electrons. The number of carbonyl (C=O) groups is 1. The number of nitrogens with zero attached hydrogens (tertiary/aromatic N) is 3. The third-order valence-corrected chi connectivity index (χ3v) is 3.88. The van der Waals surface area contributed by atoms with Crippen molar-refractivity contribution in [3.8, 4) is 11.4 Å². The van der Waals surface area contributed by atoms with Crippen molar-refractivity contribution < 1.29 is 4.79 Å². The van der Waals surface area contributed by atoms with Crippen molar-refractivity contribution >= 4 is 22.4 Å². The summed E-state index contributed by atoms with van der Waals surface area (Å²) in [7, 11) is 1.85. The van der Waals surface area contributed by atoms with E-state index in [1.54, 1.807) is 10.9 Å². The maximum Gasteiger partial charge on any atom is 0.320 e. The Labute approximate surface area is 131 Å². The Balaban J connectivity index is 1.63. The Morgan fingerprint density at radius 3 is 2.91 bits per heavy atom. The minimum atomic E-state index is -0.233. The number of aryl methyl sites for hydroxylation is 1. The molecule has 6 nitrogen and oxygen atoms in total. The predicted molar refractivity (Wildman–Crippen MR) is 86.6 cm³/mol. The quantitative estimate of drug-likeness (QED) is 0.778. The first-order chi connectivity index (χ1) is 10.7. The Bertz CT molecular complexity index is 752. The number of pyridine rings is 1. The van der Waals surface area contributed by atoms with Crippen LogP contribution in [0.4, 0.5) is 9.80 Å². The molecule has 3 aromatic rings. The summed E-state index contributed by atoms with van der Waals surface area (Å²) in [6.45, 7) is 0.396. The van der Waals surface area contributed by atoms with E-state index in [2.05, 4.69) is 20.7 Å². The van der Waals surface area contributed by atoms with Crippen LogP contribution in [0.2, 0.25) is 0 Å². The van der Waals surface area contributed by atoms with Gasteiger partial charge in [0.15, 0.2) is 0 Å². The van der Waals surface area contributed by atoms with Gasteiger partial charge >= 0.3 is 6.03 Å². The standard InChI is InChI=1S/C15H15N5OS/c1-20-11(9-13(19-20)12-5-2-3-7-16-12)10-17-15(21)18-14-6-4-8-22-14/h2-9H,10H2,1H3,(H2,17,18,21). The average Bonchev–Trinajstić information content (AvgIpc) is 3.16. The molecule has 0 saturated carbocycles. The number of aromatic nitrogens is 3. The normalized spacial score (nSPS) is 10.4. The van der Waals surface area contributed by atoms with Gasteiger partial charge in [-0.2, -0.15) is 5.10 Å². The molecule has 7 heteroatoms. The molecular weight excluding hydrogens is 298 g/mol. The topological polar surface area (TPSA) is 71.8 Å². The van der Waals surface area contributed by atoms with E-state index in [1.807, 2.05) is 48.8 Å². The highest BCUT2D eigenvalue weighted by atomic mass is 32.1. The molecule has 0 radical (unpaired) electrons. The Morgan fingerprint density at radius 2 is 2.18 bits per heavy atom. The van der Waals surface area contributed by atoms with Crippen molar-refractivity contribution in [2.75, 3.05) is 5.32 Å². The van der Waals surface area contributed by atoms with Crippen molar-refractivity contribution in [3.63, 3.8) is 0 Å². The summed E-state index contributed by atoms with van der Waals surface area (Å²) in [5.41, 5.74) is 2.51. The maximum absolute atomic E-state index is 11.8. The summed E-state index contributed by atoms with van der Waals surface area (Å²) in [5, 5.41) is 12.7. The number of hydrogen-bond acceptors (Lipinski definition) is 4. The Morgan fingerprint density at radius 1 is 1.27 bits per heavy atom. The van der Waals surface area contributed by atoms with E-state index >= 15 is 0 Å². The van der Waals surface area contributed by atoms with E-state index in [1.165, 1.54) is 11.3 Å². The number of carbonyl (C=O) groups excluding carboxylic acids is 1. The Hall–Kier alpha value is -2.67. The largest absolute Gasteiger partial charge is 0.332 e. The Kier molecular flexibility index (Phi) is 4.15. The fourth-order valence-electron chi connectivity index (χ4n) is 1.99. The summed E-state index contributed by atoms with van der Waals surface area (Å²) in [5.74, 6) is 0. The highest BCUT2D eigenvalue weighted by Crippen LogP contribution is 2.16. The molecule has 3 heterocycles. The number of urea groups is 1. The summed E-state index contributed by atoms with van der Waals surface area (Å²) >= 11 is 1.48. The monoisotopic (exact) mass is 313 g/mol. The fraction of sp³-hybridized carbons (Fsp3) is 0.133. The van der Waals surface area contributed by atoms with E-state index in [4.69, 9.17) is 0 Å². The van der Waals surface area contributed by atoms with Crippen LogP contribution in [0.25, 0.3) is 11.4 Å². The zero-order chi connectivity index (χ0) is 15.4. The lowest BCUT2D eigenvalue weighted by atomic mass is 10.2. The SMILES string of the molecule is Cn1nc(-c2ccccn2)cc1CNC(=O)Nc1cccs1. The zero-order valence-electron chi connectivity index (χ0n) is 12.0. The third kappa shape index (κ3) is 3.32. The molecule has 0 fully saturated rings. The molecule has 0 aliphatic rings. The molecule has 2 N–H and O–H groups in total. The second kappa shape index (κ2) is 6.40. The molecule has 0 aliphatic carbocycles. The van der Waals surface area contributed by atoms with Gasteiger partial charge in [-0.3, -0.25) is 15.0 Å². The average molecular weight is 313 g/mol. The van der Waals surface area contributed by atoms with Crippen LogP contribution in [0.1, 0.15) is 5.69 Å². The molecule has 3 aromatic heterocycles. The van der Waals surface area contributed by atoms with Gasteiger partial charge < -0.3 is 5.32 Å². The number of anilines is 1. The van der Waals surface area contributed by atoms with Crippen molar-refractivity contribution in [3.05, 3.63) is 53.7 Å². The van der Waals surface area contributed by atoms with Gasteiger partial charge in [0, 0.05) is 13.2 Å². The molecule has 22 heavy (non-hydrogen) atoms. The van der Waals surface area contributed by atoms with Crippen molar-refractivity contribution in [1.82, 2.24) is 20.1 Å². The lowest BCUT2D eigenvalue weighted by molar-refractivity contribution is 0.251. The van der Waals surface area contributed by atoms with Crippen molar-refractivity contribution in [2.45, 2.75) is 6.54 Å². The first kappa shape index (κ1) is 14.3. The van der Waals surface area contributed by atoms with Gasteiger partial charge in [-0.05, 0) is 35.7 Å². The number of rotatable bonds is 4. The van der Waals surface area contributed by atoms with Gasteiger partial charge in [0.05, 0.1) is 22.9 Å². The second-order valence-electron chi connectivity index (χ2n) is 4.64. The van der Waals surface area contributed by atoms with E-state index in [0.717, 1.165) is 22.1 Å². The van der Waals surface area contributed by atoms with Gasteiger partial charge in [-0.25, -0.2) is 4.79 Å². The highest BCUT2D eigenvalue weighted by molar-refractivity contribution is 7.14. The highest BCUT2D eigenvalue weighted by Gasteiger charge is 2.09. The van der Waals surface area contributed by atoms with Crippen molar-refractivity contribution in [2.24, 2.45) is 7.05 Å². The number of thiophene rings is 1. The van der Waals surface area contributed by atoms with E-state index < -0.39 is 0 Å². The summed E-state index contributed by atoms with van der Waals surface area (Å²) < 4.78 is 1.75. The van der Waals surface area contributed by atoms with Gasteiger partial charge in [0.1, 0.15) is 5.69 Å². The fourth-order valence-corrected chi connectivity index (χ4v) is 2.60. The molecule has 0 unspecified atom stereocenters. The summed E-state index contributed by atoms with van der Waals surface area (Å²) in [4.78, 5) is 16.1. The van der Waals surface area contributed by atoms with Gasteiger partial charge in [0.2, 0.25) is 0 Å². The van der Waals surface area contributed by atoms with Crippen LogP contribution in [-0.2, 0) is 13.6 Å².